The van der Waals surface area contributed by atoms with Crippen LogP contribution in [0.1, 0.15) is 24.2 Å². The topological polar surface area (TPSA) is 90.6 Å². The molecule has 0 unspecified atom stereocenters. The molecule has 0 aliphatic rings. The van der Waals surface area contributed by atoms with Crippen LogP contribution in [0.15, 0.2) is 52.2 Å². The molecule has 0 atom stereocenters. The Kier molecular flexibility index (Phi) is 6.14. The van der Waals surface area contributed by atoms with E-state index in [9.17, 15) is 18.0 Å². The number of fused-ring (bicyclic) bond motifs is 1. The first-order valence-electron chi connectivity index (χ1n) is 9.62. The summed E-state index contributed by atoms with van der Waals surface area (Å²) in [4.78, 5) is 24.8. The van der Waals surface area contributed by atoms with Crippen LogP contribution in [-0.4, -0.2) is 47.3 Å². The summed E-state index contributed by atoms with van der Waals surface area (Å²) >= 11 is 0. The van der Waals surface area contributed by atoms with E-state index >= 15 is 0 Å². The molecule has 0 spiro atoms. The van der Waals surface area contributed by atoms with E-state index in [1.54, 1.807) is 51.4 Å². The summed E-state index contributed by atoms with van der Waals surface area (Å²) in [6.07, 6.45) is 0. The van der Waals surface area contributed by atoms with Gasteiger partial charge < -0.3 is 4.74 Å². The van der Waals surface area contributed by atoms with Gasteiger partial charge in [-0.3, -0.25) is 13.9 Å². The van der Waals surface area contributed by atoms with Crippen LogP contribution in [-0.2, 0) is 24.1 Å². The fraction of sp³-hybridized carbons (Fsp3) is 0.333. The lowest BCUT2D eigenvalue weighted by molar-refractivity contribution is 0.0967. The number of hydrogen-bond donors (Lipinski definition) is 0. The van der Waals surface area contributed by atoms with E-state index in [0.29, 0.717) is 29.0 Å². The monoisotopic (exact) mass is 431 g/mol. The van der Waals surface area contributed by atoms with Crippen molar-refractivity contribution in [3.05, 3.63) is 58.5 Å². The highest BCUT2D eigenvalue weighted by atomic mass is 32.2. The van der Waals surface area contributed by atoms with Gasteiger partial charge in [0.05, 0.1) is 29.1 Å². The van der Waals surface area contributed by atoms with Gasteiger partial charge in [0.25, 0.3) is 0 Å². The van der Waals surface area contributed by atoms with Crippen LogP contribution in [0.3, 0.4) is 0 Å². The van der Waals surface area contributed by atoms with Gasteiger partial charge in [-0.2, -0.15) is 4.31 Å². The number of ether oxygens (including phenoxy) is 1. The number of imidazole rings is 1. The van der Waals surface area contributed by atoms with Crippen molar-refractivity contribution in [2.75, 3.05) is 19.7 Å². The van der Waals surface area contributed by atoms with Crippen molar-refractivity contribution in [3.63, 3.8) is 0 Å². The van der Waals surface area contributed by atoms with Gasteiger partial charge in [0.15, 0.2) is 5.78 Å². The first kappa shape index (κ1) is 21.8. The van der Waals surface area contributed by atoms with Crippen LogP contribution in [0.2, 0.25) is 0 Å². The lowest BCUT2D eigenvalue weighted by atomic mass is 10.1. The molecule has 0 bridgehead atoms. The normalized spacial score (nSPS) is 11.9. The first-order valence-corrected chi connectivity index (χ1v) is 11.1. The van der Waals surface area contributed by atoms with E-state index in [-0.39, 0.29) is 29.5 Å². The Morgan fingerprint density at radius 2 is 1.63 bits per heavy atom. The predicted molar refractivity (Wildman–Crippen MR) is 115 cm³/mol. The lowest BCUT2D eigenvalue weighted by Gasteiger charge is -2.20. The average Bonchev–Trinajstić information content (AvgIpc) is 2.96. The number of likely N-dealkylation sites (N-methyl/N-ethyl adjacent to an activating group) is 1. The molecule has 3 rings (SSSR count). The summed E-state index contributed by atoms with van der Waals surface area (Å²) in [5.74, 6) is 0.340. The van der Waals surface area contributed by atoms with Crippen molar-refractivity contribution in [2.24, 2.45) is 14.1 Å². The Bertz CT molecular complexity index is 1240. The number of ketones is 1. The van der Waals surface area contributed by atoms with Crippen molar-refractivity contribution in [2.45, 2.75) is 18.7 Å². The van der Waals surface area contributed by atoms with Crippen molar-refractivity contribution >= 4 is 26.8 Å². The van der Waals surface area contributed by atoms with Crippen LogP contribution in [0.5, 0.6) is 5.75 Å². The van der Waals surface area contributed by atoms with Gasteiger partial charge in [-0.1, -0.05) is 6.92 Å². The smallest absolute Gasteiger partial charge is 0.328 e. The molecule has 160 valence electrons. The second-order valence-electron chi connectivity index (χ2n) is 6.86. The maximum absolute atomic E-state index is 13.2. The number of aryl methyl sites for hydroxylation is 2. The number of rotatable bonds is 8. The number of aromatic nitrogens is 2. The lowest BCUT2D eigenvalue weighted by Crippen LogP contribution is -2.35. The Labute approximate surface area is 175 Å². The molecule has 0 N–H and O–H groups in total. The SMILES string of the molecule is CCOc1ccc(C(=O)CN(CC)S(=O)(=O)c2ccc3c(c2)n(C)c(=O)n3C)cc1. The maximum Gasteiger partial charge on any atom is 0.328 e. The molecule has 0 amide bonds. The summed E-state index contributed by atoms with van der Waals surface area (Å²) in [6, 6.07) is 11.2. The Hall–Kier alpha value is -2.91. The van der Waals surface area contributed by atoms with Crippen molar-refractivity contribution in [1.29, 1.82) is 0 Å². The first-order chi connectivity index (χ1) is 14.2. The molecule has 8 nitrogen and oxygen atoms in total. The third-order valence-electron chi connectivity index (χ3n) is 5.04. The van der Waals surface area contributed by atoms with E-state index in [0.717, 1.165) is 4.31 Å². The van der Waals surface area contributed by atoms with E-state index in [4.69, 9.17) is 4.74 Å². The number of Topliss-reactive ketones (excluding diaryl/α,β-unsaturated/α-hetero) is 1. The highest BCUT2D eigenvalue weighted by Crippen LogP contribution is 2.22. The molecule has 0 radical (unpaired) electrons. The third-order valence-corrected chi connectivity index (χ3v) is 6.96. The Balaban J connectivity index is 1.89. The highest BCUT2D eigenvalue weighted by molar-refractivity contribution is 7.89. The van der Waals surface area contributed by atoms with Crippen molar-refractivity contribution < 1.29 is 17.9 Å². The van der Waals surface area contributed by atoms with Gasteiger partial charge in [0.2, 0.25) is 10.0 Å². The summed E-state index contributed by atoms with van der Waals surface area (Å²) in [6.45, 7) is 3.93. The molecule has 0 saturated heterocycles. The standard InChI is InChI=1S/C21H25N3O5S/c1-5-24(14-20(25)15-7-9-16(10-8-15)29-6-2)30(27,28)17-11-12-18-19(13-17)23(4)21(26)22(18)3/h7-13H,5-6,14H2,1-4H3. The minimum absolute atomic E-state index is 0.0394. The third kappa shape index (κ3) is 3.90. The molecule has 1 aromatic heterocycles. The highest BCUT2D eigenvalue weighted by Gasteiger charge is 2.26. The van der Waals surface area contributed by atoms with Gasteiger partial charge in [0, 0.05) is 26.2 Å². The molecular formula is C21H25N3O5S. The minimum atomic E-state index is -3.92. The molecule has 0 saturated carbocycles. The molecule has 0 fully saturated rings. The van der Waals surface area contributed by atoms with Crippen LogP contribution in [0.25, 0.3) is 11.0 Å². The Morgan fingerprint density at radius 1 is 1.00 bits per heavy atom. The molecule has 2 aromatic carbocycles. The van der Waals surface area contributed by atoms with Crippen LogP contribution in [0.4, 0.5) is 0 Å². The second kappa shape index (κ2) is 8.45. The zero-order valence-corrected chi connectivity index (χ0v) is 18.3. The van der Waals surface area contributed by atoms with Gasteiger partial charge >= 0.3 is 5.69 Å². The second-order valence-corrected chi connectivity index (χ2v) is 8.80. The van der Waals surface area contributed by atoms with Crippen LogP contribution >= 0.6 is 0 Å². The van der Waals surface area contributed by atoms with E-state index in [1.165, 1.54) is 21.3 Å². The summed E-state index contributed by atoms with van der Waals surface area (Å²) in [5.41, 5.74) is 1.32. The Morgan fingerprint density at radius 3 is 2.23 bits per heavy atom. The maximum atomic E-state index is 13.2. The van der Waals surface area contributed by atoms with Crippen molar-refractivity contribution in [3.8, 4) is 5.75 Å². The molecule has 30 heavy (non-hydrogen) atoms. The van der Waals surface area contributed by atoms with E-state index < -0.39 is 10.0 Å². The summed E-state index contributed by atoms with van der Waals surface area (Å²) in [7, 11) is -0.697. The number of hydrogen-bond acceptors (Lipinski definition) is 5. The number of sulfonamides is 1. The average molecular weight is 432 g/mol. The van der Waals surface area contributed by atoms with Crippen molar-refractivity contribution in [1.82, 2.24) is 13.4 Å². The number of carbonyl (C=O) groups is 1. The summed E-state index contributed by atoms with van der Waals surface area (Å²) < 4.78 is 35.7. The van der Waals surface area contributed by atoms with Gasteiger partial charge in [-0.05, 0) is 49.4 Å². The molecule has 3 aromatic rings. The zero-order valence-electron chi connectivity index (χ0n) is 17.5. The van der Waals surface area contributed by atoms with Gasteiger partial charge in [-0.25, -0.2) is 13.2 Å². The van der Waals surface area contributed by atoms with Gasteiger partial charge in [0.1, 0.15) is 5.75 Å². The quantitative estimate of drug-likeness (QED) is 0.510. The largest absolute Gasteiger partial charge is 0.494 e. The number of benzene rings is 2. The molecule has 1 heterocycles. The molecule has 0 aliphatic heterocycles. The van der Waals surface area contributed by atoms with Crippen LogP contribution in [0, 0.1) is 0 Å². The zero-order chi connectivity index (χ0) is 22.1. The number of nitrogens with zero attached hydrogens (tertiary/aromatic N) is 3. The molecule has 0 aliphatic carbocycles. The van der Waals surface area contributed by atoms with E-state index in [1.807, 2.05) is 6.92 Å². The molecule has 9 heteroatoms. The predicted octanol–water partition coefficient (Wildman–Crippen LogP) is 2.17. The molecular weight excluding hydrogens is 406 g/mol. The van der Waals surface area contributed by atoms with Gasteiger partial charge in [-0.15, -0.1) is 0 Å². The minimum Gasteiger partial charge on any atom is -0.494 e. The fourth-order valence-electron chi connectivity index (χ4n) is 3.32. The summed E-state index contributed by atoms with van der Waals surface area (Å²) in [5, 5.41) is 0. The van der Waals surface area contributed by atoms with E-state index in [2.05, 4.69) is 0 Å². The fourth-order valence-corrected chi connectivity index (χ4v) is 4.74. The van der Waals surface area contributed by atoms with Crippen LogP contribution < -0.4 is 10.4 Å². The number of carbonyl (C=O) groups excluding carboxylic acids is 1.